The van der Waals surface area contributed by atoms with E-state index in [9.17, 15) is 9.90 Å². The molecule has 0 bridgehead atoms. The van der Waals surface area contributed by atoms with Crippen LogP contribution in [0.15, 0.2) is 0 Å². The summed E-state index contributed by atoms with van der Waals surface area (Å²) < 4.78 is 0. The van der Waals surface area contributed by atoms with E-state index in [2.05, 4.69) is 0 Å². The number of rotatable bonds is 3. The van der Waals surface area contributed by atoms with E-state index >= 15 is 0 Å². The summed E-state index contributed by atoms with van der Waals surface area (Å²) in [5, 5.41) is 9.23. The van der Waals surface area contributed by atoms with Crippen molar-refractivity contribution in [1.29, 1.82) is 0 Å². The molecule has 0 spiro atoms. The van der Waals surface area contributed by atoms with Crippen molar-refractivity contribution in [2.24, 2.45) is 5.73 Å². The average Bonchev–Trinajstić information content (AvgIpc) is 2.51. The minimum atomic E-state index is -0.379. The molecule has 0 unspecified atom stereocenters. The SMILES string of the molecule is CCC[C@H](N)C(=O)N1CC[C@H](O)C1. The maximum atomic E-state index is 11.6. The van der Waals surface area contributed by atoms with Crippen LogP contribution in [0.2, 0.25) is 0 Å². The molecule has 1 fully saturated rings. The van der Waals surface area contributed by atoms with Gasteiger partial charge in [0, 0.05) is 13.1 Å². The van der Waals surface area contributed by atoms with Gasteiger partial charge in [0.05, 0.1) is 12.1 Å². The van der Waals surface area contributed by atoms with Crippen LogP contribution >= 0.6 is 0 Å². The van der Waals surface area contributed by atoms with Crippen molar-refractivity contribution in [1.82, 2.24) is 4.90 Å². The number of carbonyl (C=O) groups is 1. The van der Waals surface area contributed by atoms with Gasteiger partial charge >= 0.3 is 0 Å². The molecule has 4 heteroatoms. The van der Waals surface area contributed by atoms with Crippen LogP contribution in [0, 0.1) is 0 Å². The molecule has 1 aliphatic rings. The second-order valence-corrected chi connectivity index (χ2v) is 3.62. The zero-order valence-corrected chi connectivity index (χ0v) is 8.07. The fourth-order valence-corrected chi connectivity index (χ4v) is 1.61. The third-order valence-electron chi connectivity index (χ3n) is 2.39. The van der Waals surface area contributed by atoms with Crippen LogP contribution in [-0.4, -0.2) is 41.1 Å². The van der Waals surface area contributed by atoms with Gasteiger partial charge in [-0.15, -0.1) is 0 Å². The second-order valence-electron chi connectivity index (χ2n) is 3.62. The fraction of sp³-hybridized carbons (Fsp3) is 0.889. The molecule has 0 saturated carbocycles. The number of nitrogens with two attached hydrogens (primary N) is 1. The van der Waals surface area contributed by atoms with Gasteiger partial charge in [-0.05, 0) is 12.8 Å². The summed E-state index contributed by atoms with van der Waals surface area (Å²) in [4.78, 5) is 13.2. The van der Waals surface area contributed by atoms with Gasteiger partial charge in [-0.2, -0.15) is 0 Å². The van der Waals surface area contributed by atoms with Gasteiger partial charge in [0.15, 0.2) is 0 Å². The molecule has 1 aliphatic heterocycles. The summed E-state index contributed by atoms with van der Waals surface area (Å²) in [6.45, 7) is 3.11. The van der Waals surface area contributed by atoms with E-state index in [0.29, 0.717) is 19.5 Å². The Morgan fingerprint density at radius 2 is 2.46 bits per heavy atom. The normalized spacial score (nSPS) is 24.8. The molecule has 0 aromatic rings. The zero-order valence-electron chi connectivity index (χ0n) is 8.07. The lowest BCUT2D eigenvalue weighted by Crippen LogP contribution is -2.42. The summed E-state index contributed by atoms with van der Waals surface area (Å²) in [7, 11) is 0. The lowest BCUT2D eigenvalue weighted by molar-refractivity contribution is -0.132. The lowest BCUT2D eigenvalue weighted by atomic mass is 10.1. The molecule has 0 aromatic carbocycles. The number of nitrogens with zero attached hydrogens (tertiary/aromatic N) is 1. The van der Waals surface area contributed by atoms with Gasteiger partial charge in [0.2, 0.25) is 5.91 Å². The number of hydrogen-bond acceptors (Lipinski definition) is 3. The highest BCUT2D eigenvalue weighted by molar-refractivity contribution is 5.81. The summed E-state index contributed by atoms with van der Waals surface area (Å²) in [6, 6.07) is -0.379. The number of aliphatic hydroxyl groups excluding tert-OH is 1. The molecule has 1 amide bonds. The Kier molecular flexibility index (Phi) is 3.69. The molecule has 0 radical (unpaired) electrons. The third-order valence-corrected chi connectivity index (χ3v) is 2.39. The van der Waals surface area contributed by atoms with Crippen molar-refractivity contribution in [3.05, 3.63) is 0 Å². The van der Waals surface area contributed by atoms with Crippen LogP contribution in [0.5, 0.6) is 0 Å². The van der Waals surface area contributed by atoms with Crippen LogP contribution < -0.4 is 5.73 Å². The van der Waals surface area contributed by atoms with Crippen LogP contribution in [0.1, 0.15) is 26.2 Å². The molecule has 1 rings (SSSR count). The van der Waals surface area contributed by atoms with Crippen molar-refractivity contribution >= 4 is 5.91 Å². The lowest BCUT2D eigenvalue weighted by Gasteiger charge is -2.19. The number of likely N-dealkylation sites (tertiary alicyclic amines) is 1. The molecule has 13 heavy (non-hydrogen) atoms. The minimum Gasteiger partial charge on any atom is -0.391 e. The first-order chi connectivity index (χ1) is 6.15. The summed E-state index contributed by atoms with van der Waals surface area (Å²) >= 11 is 0. The van der Waals surface area contributed by atoms with Crippen molar-refractivity contribution in [3.8, 4) is 0 Å². The van der Waals surface area contributed by atoms with Crippen molar-refractivity contribution in [3.63, 3.8) is 0 Å². The molecule has 2 atom stereocenters. The Morgan fingerprint density at radius 1 is 1.77 bits per heavy atom. The Balaban J connectivity index is 2.38. The summed E-state index contributed by atoms with van der Waals surface area (Å²) in [6.07, 6.45) is 1.98. The molecule has 3 N–H and O–H groups in total. The second kappa shape index (κ2) is 4.58. The highest BCUT2D eigenvalue weighted by atomic mass is 16.3. The summed E-state index contributed by atoms with van der Waals surface area (Å²) in [5.41, 5.74) is 5.68. The zero-order chi connectivity index (χ0) is 9.84. The van der Waals surface area contributed by atoms with Crippen molar-refractivity contribution in [2.75, 3.05) is 13.1 Å². The average molecular weight is 186 g/mol. The number of carbonyl (C=O) groups excluding carboxylic acids is 1. The third kappa shape index (κ3) is 2.67. The maximum Gasteiger partial charge on any atom is 0.239 e. The Morgan fingerprint density at radius 3 is 2.92 bits per heavy atom. The van der Waals surface area contributed by atoms with Crippen LogP contribution in [-0.2, 0) is 4.79 Å². The van der Waals surface area contributed by atoms with Gasteiger partial charge < -0.3 is 15.7 Å². The van der Waals surface area contributed by atoms with Gasteiger partial charge in [-0.1, -0.05) is 13.3 Å². The number of amides is 1. The van der Waals surface area contributed by atoms with Crippen LogP contribution in [0.4, 0.5) is 0 Å². The van der Waals surface area contributed by atoms with Gasteiger partial charge in [0.25, 0.3) is 0 Å². The standard InChI is InChI=1S/C9H18N2O2/c1-2-3-8(10)9(13)11-5-4-7(12)6-11/h7-8,12H,2-6,10H2,1H3/t7-,8-/m0/s1. The monoisotopic (exact) mass is 186 g/mol. The number of β-amino-alcohol motifs (C(OH)–C–C–N with tert-alkyl or cyclic N) is 1. The van der Waals surface area contributed by atoms with Gasteiger partial charge in [0.1, 0.15) is 0 Å². The van der Waals surface area contributed by atoms with Crippen molar-refractivity contribution in [2.45, 2.75) is 38.3 Å². The predicted octanol–water partition coefficient (Wildman–Crippen LogP) is -0.293. The first-order valence-electron chi connectivity index (χ1n) is 4.87. The van der Waals surface area contributed by atoms with Crippen LogP contribution in [0.25, 0.3) is 0 Å². The smallest absolute Gasteiger partial charge is 0.239 e. The van der Waals surface area contributed by atoms with E-state index in [1.54, 1.807) is 4.90 Å². The van der Waals surface area contributed by atoms with E-state index in [-0.39, 0.29) is 18.1 Å². The van der Waals surface area contributed by atoms with E-state index < -0.39 is 0 Å². The Hall–Kier alpha value is -0.610. The summed E-state index contributed by atoms with van der Waals surface area (Å²) in [5.74, 6) is -0.0154. The van der Waals surface area contributed by atoms with E-state index in [4.69, 9.17) is 5.73 Å². The Bertz CT molecular complexity index is 184. The molecular formula is C9H18N2O2. The molecule has 1 heterocycles. The molecule has 1 saturated heterocycles. The number of hydrogen-bond donors (Lipinski definition) is 2. The van der Waals surface area contributed by atoms with Gasteiger partial charge in [-0.25, -0.2) is 0 Å². The van der Waals surface area contributed by atoms with E-state index in [1.165, 1.54) is 0 Å². The molecule has 0 aliphatic carbocycles. The van der Waals surface area contributed by atoms with E-state index in [0.717, 1.165) is 12.8 Å². The molecular weight excluding hydrogens is 168 g/mol. The topological polar surface area (TPSA) is 66.6 Å². The highest BCUT2D eigenvalue weighted by Crippen LogP contribution is 2.10. The minimum absolute atomic E-state index is 0.0154. The first kappa shape index (κ1) is 10.5. The van der Waals surface area contributed by atoms with E-state index in [1.807, 2.05) is 6.92 Å². The molecule has 0 aromatic heterocycles. The molecule has 4 nitrogen and oxygen atoms in total. The Labute approximate surface area is 78.7 Å². The highest BCUT2D eigenvalue weighted by Gasteiger charge is 2.27. The van der Waals surface area contributed by atoms with Crippen molar-refractivity contribution < 1.29 is 9.90 Å². The first-order valence-corrected chi connectivity index (χ1v) is 4.87. The fourth-order valence-electron chi connectivity index (χ4n) is 1.61. The van der Waals surface area contributed by atoms with Gasteiger partial charge in [-0.3, -0.25) is 4.79 Å². The largest absolute Gasteiger partial charge is 0.391 e. The van der Waals surface area contributed by atoms with Crippen LogP contribution in [0.3, 0.4) is 0 Å². The maximum absolute atomic E-state index is 11.6. The quantitative estimate of drug-likeness (QED) is 0.636. The predicted molar refractivity (Wildman–Crippen MR) is 50.1 cm³/mol. The number of aliphatic hydroxyl groups is 1. The molecule has 76 valence electrons.